The first-order valence-electron chi connectivity index (χ1n) is 6.74. The standard InChI is InChI=1S/C13H18N4S/c18-13-15-11-7-14-17(9-12(11)16-13)8-10-5-3-1-2-4-6-10/h7,9-10H,1-6,8H2,(H,16,18). The number of fused-ring (bicyclic) bond motifs is 1. The molecular formula is C13H18N4S. The Bertz CT molecular complexity index is 536. The SMILES string of the molecule is S=c1nc2cnn(CC3CCCCCC3)cc-2[nH]1. The lowest BCUT2D eigenvalue weighted by Gasteiger charge is -2.15. The van der Waals surface area contributed by atoms with Crippen molar-refractivity contribution in [3.05, 3.63) is 17.2 Å². The van der Waals surface area contributed by atoms with Crippen molar-refractivity contribution in [2.45, 2.75) is 45.1 Å². The molecule has 3 aliphatic rings. The van der Waals surface area contributed by atoms with Crippen LogP contribution in [0.1, 0.15) is 38.5 Å². The molecule has 0 radical (unpaired) electrons. The first-order chi connectivity index (χ1) is 8.81. The molecule has 0 amide bonds. The highest BCUT2D eigenvalue weighted by atomic mass is 32.1. The van der Waals surface area contributed by atoms with Crippen LogP contribution in [0.4, 0.5) is 0 Å². The normalized spacial score (nSPS) is 18.0. The van der Waals surface area contributed by atoms with E-state index < -0.39 is 0 Å². The first-order valence-corrected chi connectivity index (χ1v) is 7.14. The minimum atomic E-state index is 0.541. The van der Waals surface area contributed by atoms with Crippen LogP contribution in [-0.2, 0) is 6.54 Å². The summed E-state index contributed by atoms with van der Waals surface area (Å²) in [5.74, 6) is 0.772. The second kappa shape index (κ2) is 5.18. The van der Waals surface area contributed by atoms with Crippen molar-refractivity contribution in [1.29, 1.82) is 0 Å². The van der Waals surface area contributed by atoms with Gasteiger partial charge in [0.05, 0.1) is 11.9 Å². The maximum atomic E-state index is 5.03. The predicted molar refractivity (Wildman–Crippen MR) is 73.0 cm³/mol. The number of nitrogens with zero attached hydrogens (tertiary/aromatic N) is 3. The zero-order valence-corrected chi connectivity index (χ0v) is 11.2. The predicted octanol–water partition coefficient (Wildman–Crippen LogP) is 3.41. The molecule has 0 aromatic rings. The highest BCUT2D eigenvalue weighted by molar-refractivity contribution is 7.71. The van der Waals surface area contributed by atoms with Crippen LogP contribution >= 0.6 is 12.2 Å². The van der Waals surface area contributed by atoms with Crippen LogP contribution < -0.4 is 0 Å². The molecule has 1 N–H and O–H groups in total. The van der Waals surface area contributed by atoms with Gasteiger partial charge in [-0.25, -0.2) is 4.98 Å². The van der Waals surface area contributed by atoms with Crippen LogP contribution in [0.3, 0.4) is 0 Å². The third-order valence-corrected chi connectivity index (χ3v) is 3.96. The van der Waals surface area contributed by atoms with E-state index in [2.05, 4.69) is 15.1 Å². The number of imidazole rings is 1. The van der Waals surface area contributed by atoms with Gasteiger partial charge < -0.3 is 4.98 Å². The fourth-order valence-electron chi connectivity index (χ4n) is 2.80. The summed E-state index contributed by atoms with van der Waals surface area (Å²) in [5, 5.41) is 4.43. The summed E-state index contributed by atoms with van der Waals surface area (Å²) in [6.07, 6.45) is 12.0. The number of H-pyrrole nitrogens is 1. The fourth-order valence-corrected chi connectivity index (χ4v) is 3.00. The van der Waals surface area contributed by atoms with Gasteiger partial charge in [-0.2, -0.15) is 5.10 Å². The molecule has 4 nitrogen and oxygen atoms in total. The van der Waals surface area contributed by atoms with Crippen molar-refractivity contribution in [2.75, 3.05) is 0 Å². The van der Waals surface area contributed by atoms with Crippen molar-refractivity contribution in [3.8, 4) is 11.4 Å². The monoisotopic (exact) mass is 262 g/mol. The molecule has 0 atom stereocenters. The Kier molecular flexibility index (Phi) is 3.41. The van der Waals surface area contributed by atoms with Crippen molar-refractivity contribution >= 4 is 12.2 Å². The van der Waals surface area contributed by atoms with E-state index in [9.17, 15) is 0 Å². The second-order valence-corrected chi connectivity index (χ2v) is 5.58. The quantitative estimate of drug-likeness (QED) is 0.666. The average molecular weight is 262 g/mol. The van der Waals surface area contributed by atoms with E-state index in [4.69, 9.17) is 12.2 Å². The van der Waals surface area contributed by atoms with E-state index in [1.807, 2.05) is 10.9 Å². The second-order valence-electron chi connectivity index (χ2n) is 5.19. The Morgan fingerprint density at radius 2 is 2.06 bits per heavy atom. The van der Waals surface area contributed by atoms with Gasteiger partial charge in [-0.05, 0) is 31.0 Å². The van der Waals surface area contributed by atoms with Crippen LogP contribution in [0, 0.1) is 10.7 Å². The summed E-state index contributed by atoms with van der Waals surface area (Å²) < 4.78 is 2.57. The van der Waals surface area contributed by atoms with Crippen molar-refractivity contribution in [1.82, 2.24) is 19.7 Å². The van der Waals surface area contributed by atoms with Gasteiger partial charge in [-0.1, -0.05) is 25.7 Å². The van der Waals surface area contributed by atoms with Gasteiger partial charge >= 0.3 is 0 Å². The van der Waals surface area contributed by atoms with E-state index in [1.165, 1.54) is 38.5 Å². The Morgan fingerprint density at radius 1 is 1.28 bits per heavy atom. The van der Waals surface area contributed by atoms with Gasteiger partial charge in [0.2, 0.25) is 0 Å². The van der Waals surface area contributed by atoms with E-state index in [-0.39, 0.29) is 0 Å². The number of aromatic nitrogens is 4. The smallest absolute Gasteiger partial charge is 0.198 e. The zero-order valence-electron chi connectivity index (χ0n) is 10.4. The largest absolute Gasteiger partial charge is 0.328 e. The molecule has 2 heterocycles. The first kappa shape index (κ1) is 11.8. The molecule has 96 valence electrons. The molecule has 0 spiro atoms. The van der Waals surface area contributed by atoms with Crippen molar-refractivity contribution in [3.63, 3.8) is 0 Å². The van der Waals surface area contributed by atoms with Gasteiger partial charge in [0.1, 0.15) is 5.69 Å². The van der Waals surface area contributed by atoms with Crippen LogP contribution in [0.15, 0.2) is 12.4 Å². The molecule has 0 aromatic heterocycles. The van der Waals surface area contributed by atoms with Crippen molar-refractivity contribution in [2.24, 2.45) is 5.92 Å². The molecule has 18 heavy (non-hydrogen) atoms. The topological polar surface area (TPSA) is 46.5 Å². The molecule has 3 rings (SSSR count). The summed E-state index contributed by atoms with van der Waals surface area (Å²) >= 11 is 5.03. The number of rotatable bonds is 2. The molecule has 1 saturated carbocycles. The lowest BCUT2D eigenvalue weighted by atomic mass is 10.0. The van der Waals surface area contributed by atoms with E-state index in [0.29, 0.717) is 4.77 Å². The molecule has 0 bridgehead atoms. The minimum absolute atomic E-state index is 0.541. The van der Waals surface area contributed by atoms with Crippen LogP contribution in [0.25, 0.3) is 11.4 Å². The van der Waals surface area contributed by atoms with Crippen molar-refractivity contribution < 1.29 is 0 Å². The Balaban J connectivity index is 1.77. The summed E-state index contributed by atoms with van der Waals surface area (Å²) in [7, 11) is 0. The molecule has 0 unspecified atom stereocenters. The third kappa shape index (κ3) is 2.61. The van der Waals surface area contributed by atoms with Gasteiger partial charge in [-0.3, -0.25) is 4.68 Å². The molecule has 0 aromatic carbocycles. The fraction of sp³-hybridized carbons (Fsp3) is 0.615. The third-order valence-electron chi connectivity index (χ3n) is 3.77. The molecule has 1 fully saturated rings. The molecule has 0 saturated heterocycles. The molecule has 2 aliphatic heterocycles. The summed E-state index contributed by atoms with van der Waals surface area (Å²) in [5.41, 5.74) is 1.85. The number of aromatic amines is 1. The average Bonchev–Trinajstić information content (AvgIpc) is 2.56. The van der Waals surface area contributed by atoms with Gasteiger partial charge in [0.15, 0.2) is 4.77 Å². The zero-order chi connectivity index (χ0) is 12.4. The number of hydrogen-bond donors (Lipinski definition) is 1. The summed E-state index contributed by atoms with van der Waals surface area (Å²) in [6, 6.07) is 0. The van der Waals surface area contributed by atoms with Crippen LogP contribution in [0.2, 0.25) is 0 Å². The van der Waals surface area contributed by atoms with E-state index in [1.54, 1.807) is 6.20 Å². The highest BCUT2D eigenvalue weighted by Gasteiger charge is 2.14. The van der Waals surface area contributed by atoms with E-state index in [0.717, 1.165) is 23.9 Å². The summed E-state index contributed by atoms with van der Waals surface area (Å²) in [6.45, 7) is 1.02. The Morgan fingerprint density at radius 3 is 2.83 bits per heavy atom. The lowest BCUT2D eigenvalue weighted by molar-refractivity contribution is 0.372. The van der Waals surface area contributed by atoms with Gasteiger partial charge in [0.25, 0.3) is 0 Å². The Hall–Kier alpha value is -1.23. The van der Waals surface area contributed by atoms with Gasteiger partial charge in [-0.15, -0.1) is 0 Å². The molecular weight excluding hydrogens is 244 g/mol. The molecule has 1 aliphatic carbocycles. The van der Waals surface area contributed by atoms with E-state index >= 15 is 0 Å². The van der Waals surface area contributed by atoms with Crippen LogP contribution in [-0.4, -0.2) is 19.7 Å². The van der Waals surface area contributed by atoms with Crippen LogP contribution in [0.5, 0.6) is 0 Å². The van der Waals surface area contributed by atoms with Gasteiger partial charge in [0, 0.05) is 12.7 Å². The number of nitrogens with one attached hydrogen (secondary N) is 1. The minimum Gasteiger partial charge on any atom is -0.328 e. The maximum Gasteiger partial charge on any atom is 0.198 e. The molecule has 5 heteroatoms. The maximum absolute atomic E-state index is 5.03. The lowest BCUT2D eigenvalue weighted by Crippen LogP contribution is -2.13. The Labute approximate surface area is 112 Å². The highest BCUT2D eigenvalue weighted by Crippen LogP contribution is 2.24. The summed E-state index contributed by atoms with van der Waals surface area (Å²) in [4.78, 5) is 7.29. The number of hydrogen-bond acceptors (Lipinski definition) is 3.